The zero-order valence-corrected chi connectivity index (χ0v) is 13.6. The molecule has 0 spiro atoms. The van der Waals surface area contributed by atoms with Gasteiger partial charge in [-0.2, -0.15) is 5.10 Å². The number of nitrogens with zero attached hydrogens (tertiary/aromatic N) is 4. The van der Waals surface area contributed by atoms with Gasteiger partial charge in [-0.15, -0.1) is 0 Å². The van der Waals surface area contributed by atoms with E-state index in [4.69, 9.17) is 0 Å². The number of likely N-dealkylation sites (N-methyl/N-ethyl adjacent to an activating group) is 1. The minimum absolute atomic E-state index is 0.0360. The van der Waals surface area contributed by atoms with Crippen LogP contribution in [0.3, 0.4) is 0 Å². The summed E-state index contributed by atoms with van der Waals surface area (Å²) in [4.78, 5) is 16.9. The van der Waals surface area contributed by atoms with Gasteiger partial charge in [-0.25, -0.2) is 0 Å². The van der Waals surface area contributed by atoms with Gasteiger partial charge in [0.15, 0.2) is 5.71 Å². The fraction of sp³-hybridized carbons (Fsp3) is 0.529. The zero-order chi connectivity index (χ0) is 15.7. The fourth-order valence-electron chi connectivity index (χ4n) is 2.94. The number of para-hydroxylation sites is 1. The summed E-state index contributed by atoms with van der Waals surface area (Å²) in [6.45, 7) is 8.72. The molecule has 1 amide bonds. The van der Waals surface area contributed by atoms with Crippen molar-refractivity contribution < 1.29 is 4.79 Å². The Labute approximate surface area is 132 Å². The van der Waals surface area contributed by atoms with E-state index in [1.165, 1.54) is 0 Å². The summed E-state index contributed by atoms with van der Waals surface area (Å²) in [5.41, 5.74) is 2.56. The van der Waals surface area contributed by atoms with Crippen LogP contribution in [0, 0.1) is 5.92 Å². The summed E-state index contributed by atoms with van der Waals surface area (Å²) in [7, 11) is 2.12. The van der Waals surface area contributed by atoms with Crippen LogP contribution in [0.1, 0.15) is 19.4 Å². The molecule has 1 aromatic carbocycles. The van der Waals surface area contributed by atoms with Crippen molar-refractivity contribution in [3.05, 3.63) is 29.8 Å². The maximum absolute atomic E-state index is 12.8. The second kappa shape index (κ2) is 6.08. The van der Waals surface area contributed by atoms with E-state index in [9.17, 15) is 4.79 Å². The molecule has 0 aromatic heterocycles. The van der Waals surface area contributed by atoms with E-state index in [1.807, 2.05) is 34.2 Å². The molecule has 0 N–H and O–H groups in total. The lowest BCUT2D eigenvalue weighted by atomic mass is 10.1. The normalized spacial score (nSPS) is 21.1. The molecule has 2 heterocycles. The lowest BCUT2D eigenvalue weighted by molar-refractivity contribution is -0.112. The predicted molar refractivity (Wildman–Crippen MR) is 89.2 cm³/mol. The molecule has 1 aromatic rings. The predicted octanol–water partition coefficient (Wildman–Crippen LogP) is 1.64. The molecule has 5 heteroatoms. The number of benzene rings is 1. The summed E-state index contributed by atoms with van der Waals surface area (Å²) in [6.07, 6.45) is 0. The molecule has 1 fully saturated rings. The average Bonchev–Trinajstić information content (AvgIpc) is 2.75. The van der Waals surface area contributed by atoms with Crippen molar-refractivity contribution in [3.63, 3.8) is 0 Å². The summed E-state index contributed by atoms with van der Waals surface area (Å²) in [6, 6.07) is 7.98. The highest BCUT2D eigenvalue weighted by Gasteiger charge is 2.34. The Bertz CT molecular complexity index is 588. The van der Waals surface area contributed by atoms with Gasteiger partial charge in [0.25, 0.3) is 5.91 Å². The standard InChI is InChI=1S/C17H24N4O/c1-13(2)12-21-15-7-5-4-6-14(15)16(17(21)22)18-20-10-8-19(3)9-11-20/h4-7,13H,8-12H2,1-3H3. The highest BCUT2D eigenvalue weighted by molar-refractivity contribution is 6.54. The van der Waals surface area contributed by atoms with Crippen LogP contribution in [-0.2, 0) is 4.79 Å². The maximum atomic E-state index is 12.8. The van der Waals surface area contributed by atoms with Crippen LogP contribution in [0.15, 0.2) is 29.4 Å². The molecular weight excluding hydrogens is 276 g/mol. The van der Waals surface area contributed by atoms with Crippen LogP contribution >= 0.6 is 0 Å². The Morgan fingerprint density at radius 2 is 1.82 bits per heavy atom. The van der Waals surface area contributed by atoms with Gasteiger partial charge in [-0.05, 0) is 19.0 Å². The van der Waals surface area contributed by atoms with E-state index >= 15 is 0 Å². The van der Waals surface area contributed by atoms with E-state index in [2.05, 4.69) is 30.9 Å². The lowest BCUT2D eigenvalue weighted by Crippen LogP contribution is -2.43. The van der Waals surface area contributed by atoms with Gasteiger partial charge in [-0.3, -0.25) is 9.80 Å². The van der Waals surface area contributed by atoms with Gasteiger partial charge in [0.1, 0.15) is 0 Å². The SMILES string of the molecule is CC(C)CN1C(=O)C(=NN2CCN(C)CC2)c2ccccc21. The molecule has 2 aliphatic heterocycles. The molecule has 0 aliphatic carbocycles. The lowest BCUT2D eigenvalue weighted by Gasteiger charge is -2.30. The Kier molecular flexibility index (Phi) is 4.16. The van der Waals surface area contributed by atoms with Crippen LogP contribution in [0.2, 0.25) is 0 Å². The van der Waals surface area contributed by atoms with Crippen LogP contribution in [0.5, 0.6) is 0 Å². The molecule has 22 heavy (non-hydrogen) atoms. The molecular formula is C17H24N4O. The van der Waals surface area contributed by atoms with Gasteiger partial charge < -0.3 is 9.80 Å². The van der Waals surface area contributed by atoms with Crippen molar-refractivity contribution >= 4 is 17.3 Å². The molecule has 118 valence electrons. The topological polar surface area (TPSA) is 39.2 Å². The first-order chi connectivity index (χ1) is 10.6. The Balaban J connectivity index is 1.90. The fourth-order valence-corrected chi connectivity index (χ4v) is 2.94. The second-order valence-corrected chi connectivity index (χ2v) is 6.53. The molecule has 0 saturated carbocycles. The number of rotatable bonds is 3. The number of hydrazone groups is 1. The van der Waals surface area contributed by atoms with Gasteiger partial charge >= 0.3 is 0 Å². The molecule has 5 nitrogen and oxygen atoms in total. The summed E-state index contributed by atoms with van der Waals surface area (Å²) < 4.78 is 0. The Hall–Kier alpha value is -1.88. The van der Waals surface area contributed by atoms with Crippen LogP contribution < -0.4 is 4.90 Å². The van der Waals surface area contributed by atoms with E-state index < -0.39 is 0 Å². The first-order valence-corrected chi connectivity index (χ1v) is 7.99. The van der Waals surface area contributed by atoms with Crippen molar-refractivity contribution in [2.24, 2.45) is 11.0 Å². The molecule has 0 radical (unpaired) electrons. The van der Waals surface area contributed by atoms with Crippen molar-refractivity contribution in [2.45, 2.75) is 13.8 Å². The first-order valence-electron chi connectivity index (χ1n) is 7.99. The van der Waals surface area contributed by atoms with E-state index in [1.54, 1.807) is 0 Å². The van der Waals surface area contributed by atoms with Gasteiger partial charge in [0.2, 0.25) is 0 Å². The molecule has 3 rings (SSSR count). The number of fused-ring (bicyclic) bond motifs is 1. The molecule has 1 saturated heterocycles. The smallest absolute Gasteiger partial charge is 0.279 e. The van der Waals surface area contributed by atoms with Crippen molar-refractivity contribution in [1.82, 2.24) is 9.91 Å². The first kappa shape index (κ1) is 15.0. The van der Waals surface area contributed by atoms with Gasteiger partial charge in [-0.1, -0.05) is 32.0 Å². The van der Waals surface area contributed by atoms with Gasteiger partial charge in [0.05, 0.1) is 5.69 Å². The van der Waals surface area contributed by atoms with Gasteiger partial charge in [0, 0.05) is 38.3 Å². The van der Waals surface area contributed by atoms with E-state index in [-0.39, 0.29) is 5.91 Å². The minimum Gasteiger partial charge on any atom is -0.306 e. The monoisotopic (exact) mass is 300 g/mol. The number of piperazine rings is 1. The maximum Gasteiger partial charge on any atom is 0.279 e. The number of carbonyl (C=O) groups is 1. The third kappa shape index (κ3) is 2.86. The largest absolute Gasteiger partial charge is 0.306 e. The third-order valence-corrected chi connectivity index (χ3v) is 4.17. The second-order valence-electron chi connectivity index (χ2n) is 6.53. The Morgan fingerprint density at radius 1 is 1.14 bits per heavy atom. The van der Waals surface area contributed by atoms with E-state index in [0.29, 0.717) is 11.6 Å². The minimum atomic E-state index is 0.0360. The van der Waals surface area contributed by atoms with Crippen molar-refractivity contribution in [3.8, 4) is 0 Å². The quantitative estimate of drug-likeness (QED) is 0.852. The zero-order valence-electron chi connectivity index (χ0n) is 13.6. The average molecular weight is 300 g/mol. The van der Waals surface area contributed by atoms with Crippen LogP contribution in [0.4, 0.5) is 5.69 Å². The van der Waals surface area contributed by atoms with Crippen LogP contribution in [0.25, 0.3) is 0 Å². The number of hydrogen-bond acceptors (Lipinski definition) is 4. The molecule has 0 atom stereocenters. The number of amides is 1. The Morgan fingerprint density at radius 3 is 2.50 bits per heavy atom. The number of anilines is 1. The molecule has 0 bridgehead atoms. The van der Waals surface area contributed by atoms with Crippen molar-refractivity contribution in [1.29, 1.82) is 0 Å². The molecule has 2 aliphatic rings. The summed E-state index contributed by atoms with van der Waals surface area (Å²) in [5, 5.41) is 6.71. The van der Waals surface area contributed by atoms with Crippen LogP contribution in [-0.4, -0.2) is 61.3 Å². The highest BCUT2D eigenvalue weighted by atomic mass is 16.2. The third-order valence-electron chi connectivity index (χ3n) is 4.17. The number of carbonyl (C=O) groups excluding carboxylic acids is 1. The van der Waals surface area contributed by atoms with E-state index in [0.717, 1.165) is 44.0 Å². The highest BCUT2D eigenvalue weighted by Crippen LogP contribution is 2.30. The summed E-state index contributed by atoms with van der Waals surface area (Å²) in [5.74, 6) is 0.467. The summed E-state index contributed by atoms with van der Waals surface area (Å²) >= 11 is 0. The van der Waals surface area contributed by atoms with Crippen molar-refractivity contribution in [2.75, 3.05) is 44.7 Å². The number of hydrogen-bond donors (Lipinski definition) is 0. The molecule has 0 unspecified atom stereocenters.